The molecule has 1 aliphatic heterocycles. The number of hydrogen-bond acceptors (Lipinski definition) is 5. The number of carbonyl (C=O) groups excluding carboxylic acids is 2. The molecule has 7 nitrogen and oxygen atoms in total. The van der Waals surface area contributed by atoms with Gasteiger partial charge in [-0.15, -0.1) is 0 Å². The average molecular weight is 502 g/mol. The van der Waals surface area contributed by atoms with Gasteiger partial charge in [0, 0.05) is 30.5 Å². The van der Waals surface area contributed by atoms with Crippen molar-refractivity contribution in [3.05, 3.63) is 83.8 Å². The monoisotopic (exact) mass is 501 g/mol. The van der Waals surface area contributed by atoms with Crippen LogP contribution < -0.4 is 15.1 Å². The van der Waals surface area contributed by atoms with Gasteiger partial charge in [0.05, 0.1) is 19.5 Å². The third-order valence-corrected chi connectivity index (χ3v) is 7.38. The van der Waals surface area contributed by atoms with Crippen molar-refractivity contribution in [2.75, 3.05) is 36.1 Å². The fourth-order valence-electron chi connectivity index (χ4n) is 5.39. The minimum atomic E-state index is -0.843. The number of carbonyl (C=O) groups is 2. The highest BCUT2D eigenvalue weighted by Crippen LogP contribution is 2.34. The van der Waals surface area contributed by atoms with Crippen LogP contribution in [-0.4, -0.2) is 44.2 Å². The number of hydrogen-bond donors (Lipinski definition) is 1. The quantitative estimate of drug-likeness (QED) is 0.463. The van der Waals surface area contributed by atoms with Gasteiger partial charge in [0.2, 0.25) is 5.91 Å². The molecule has 37 heavy (non-hydrogen) atoms. The molecule has 1 N–H and O–H groups in total. The van der Waals surface area contributed by atoms with Gasteiger partial charge in [0.25, 0.3) is 5.91 Å². The van der Waals surface area contributed by atoms with Gasteiger partial charge in [-0.05, 0) is 60.7 Å². The van der Waals surface area contributed by atoms with Crippen molar-refractivity contribution in [3.8, 4) is 0 Å². The lowest BCUT2D eigenvalue weighted by Gasteiger charge is -2.33. The number of anilines is 2. The van der Waals surface area contributed by atoms with E-state index in [1.165, 1.54) is 6.26 Å². The van der Waals surface area contributed by atoms with Crippen molar-refractivity contribution in [2.45, 2.75) is 51.1 Å². The maximum Gasteiger partial charge on any atom is 0.294 e. The molecule has 2 heterocycles. The fraction of sp³-hybridized carbons (Fsp3) is 0.400. The predicted octanol–water partition coefficient (Wildman–Crippen LogP) is 5.13. The summed E-state index contributed by atoms with van der Waals surface area (Å²) in [5.41, 5.74) is 3.56. The fourth-order valence-corrected chi connectivity index (χ4v) is 5.39. The zero-order valence-corrected chi connectivity index (χ0v) is 21.4. The van der Waals surface area contributed by atoms with Gasteiger partial charge < -0.3 is 19.4 Å². The van der Waals surface area contributed by atoms with Gasteiger partial charge in [-0.25, -0.2) is 0 Å². The molecule has 7 heteroatoms. The number of furan rings is 1. The second-order valence-electron chi connectivity index (χ2n) is 9.72. The smallest absolute Gasteiger partial charge is 0.294 e. The molecule has 2 aromatic carbocycles. The van der Waals surface area contributed by atoms with Crippen LogP contribution in [0.15, 0.2) is 71.3 Å². The Hall–Kier alpha value is -3.58. The third-order valence-electron chi connectivity index (χ3n) is 7.38. The molecule has 1 saturated carbocycles. The van der Waals surface area contributed by atoms with Gasteiger partial charge in [-0.1, -0.05) is 50.1 Å². The predicted molar refractivity (Wildman–Crippen MR) is 144 cm³/mol. The van der Waals surface area contributed by atoms with Crippen molar-refractivity contribution >= 4 is 23.2 Å². The number of benzene rings is 2. The van der Waals surface area contributed by atoms with E-state index in [-0.39, 0.29) is 23.6 Å². The summed E-state index contributed by atoms with van der Waals surface area (Å²) in [5.74, 6) is -0.305. The number of nitrogens with one attached hydrogen (secondary N) is 1. The average Bonchev–Trinajstić information content (AvgIpc) is 3.67. The Kier molecular flexibility index (Phi) is 7.90. The van der Waals surface area contributed by atoms with Gasteiger partial charge in [-0.2, -0.15) is 0 Å². The van der Waals surface area contributed by atoms with Crippen LogP contribution >= 0.6 is 0 Å². The third kappa shape index (κ3) is 5.57. The number of amides is 2. The molecular formula is C30H35N3O4. The summed E-state index contributed by atoms with van der Waals surface area (Å²) in [6.07, 6.45) is 6.36. The van der Waals surface area contributed by atoms with E-state index in [2.05, 4.69) is 17.1 Å². The molecule has 1 saturated heterocycles. The summed E-state index contributed by atoms with van der Waals surface area (Å²) in [6.45, 7) is 5.12. The van der Waals surface area contributed by atoms with Crippen molar-refractivity contribution in [1.82, 2.24) is 5.32 Å². The zero-order valence-electron chi connectivity index (χ0n) is 21.4. The minimum Gasteiger partial charge on any atom is -0.459 e. The number of nitrogens with zero attached hydrogens (tertiary/aromatic N) is 2. The lowest BCUT2D eigenvalue weighted by Crippen LogP contribution is -2.46. The van der Waals surface area contributed by atoms with Crippen LogP contribution in [0.1, 0.15) is 60.3 Å². The van der Waals surface area contributed by atoms with E-state index in [0.717, 1.165) is 67.7 Å². The van der Waals surface area contributed by atoms with E-state index in [1.807, 2.05) is 48.5 Å². The summed E-state index contributed by atoms with van der Waals surface area (Å²) in [7, 11) is 0. The van der Waals surface area contributed by atoms with Gasteiger partial charge >= 0.3 is 0 Å². The maximum absolute atomic E-state index is 14.0. The molecule has 1 aliphatic carbocycles. The summed E-state index contributed by atoms with van der Waals surface area (Å²) >= 11 is 0. The highest BCUT2D eigenvalue weighted by atomic mass is 16.5. The molecule has 5 rings (SSSR count). The van der Waals surface area contributed by atoms with E-state index < -0.39 is 6.04 Å². The molecule has 0 radical (unpaired) electrons. The van der Waals surface area contributed by atoms with Crippen LogP contribution in [0.5, 0.6) is 0 Å². The van der Waals surface area contributed by atoms with Crippen LogP contribution in [0.4, 0.5) is 11.4 Å². The van der Waals surface area contributed by atoms with E-state index in [9.17, 15) is 9.59 Å². The van der Waals surface area contributed by atoms with Crippen LogP contribution in [0.25, 0.3) is 0 Å². The summed E-state index contributed by atoms with van der Waals surface area (Å²) < 4.78 is 11.0. The van der Waals surface area contributed by atoms with Crippen LogP contribution in [0.2, 0.25) is 0 Å². The van der Waals surface area contributed by atoms with E-state index in [4.69, 9.17) is 9.15 Å². The molecule has 194 valence electrons. The molecule has 3 aromatic rings. The molecular weight excluding hydrogens is 466 g/mol. The van der Waals surface area contributed by atoms with Gasteiger partial charge in [0.15, 0.2) is 5.76 Å². The van der Waals surface area contributed by atoms with Crippen LogP contribution in [0.3, 0.4) is 0 Å². The normalized spacial score (nSPS) is 16.9. The lowest BCUT2D eigenvalue weighted by atomic mass is 9.99. The minimum absolute atomic E-state index is 0.129. The number of ether oxygens (including phenoxy) is 1. The number of morpholine rings is 1. The van der Waals surface area contributed by atoms with Crippen molar-refractivity contribution in [1.29, 1.82) is 0 Å². The van der Waals surface area contributed by atoms with E-state index >= 15 is 0 Å². The van der Waals surface area contributed by atoms with Gasteiger partial charge in [-0.3, -0.25) is 14.5 Å². The van der Waals surface area contributed by atoms with Crippen LogP contribution in [0, 0.1) is 0 Å². The molecule has 2 aliphatic rings. The Morgan fingerprint density at radius 2 is 1.73 bits per heavy atom. The Balaban J connectivity index is 1.57. The summed E-state index contributed by atoms with van der Waals surface area (Å²) in [6, 6.07) is 18.4. The highest BCUT2D eigenvalue weighted by Gasteiger charge is 2.36. The Morgan fingerprint density at radius 3 is 2.41 bits per heavy atom. The van der Waals surface area contributed by atoms with E-state index in [1.54, 1.807) is 17.0 Å². The number of aryl methyl sites for hydroxylation is 1. The SMILES string of the molecule is CCc1ccccc1N(C(=O)c1ccco1)[C@H](C(=O)NC1CCCC1)c1ccc(N2CCOCC2)cc1. The molecule has 0 bridgehead atoms. The first-order valence-electron chi connectivity index (χ1n) is 13.3. The molecule has 2 amide bonds. The van der Waals surface area contributed by atoms with Crippen molar-refractivity contribution in [2.24, 2.45) is 0 Å². The topological polar surface area (TPSA) is 75.0 Å². The first kappa shape index (κ1) is 25.1. The second-order valence-corrected chi connectivity index (χ2v) is 9.72. The van der Waals surface area contributed by atoms with Crippen LogP contribution in [-0.2, 0) is 16.0 Å². The maximum atomic E-state index is 14.0. The lowest BCUT2D eigenvalue weighted by molar-refractivity contribution is -0.123. The van der Waals surface area contributed by atoms with Gasteiger partial charge in [0.1, 0.15) is 6.04 Å². The summed E-state index contributed by atoms with van der Waals surface area (Å²) in [4.78, 5) is 31.9. The molecule has 1 atom stereocenters. The Labute approximate surface area is 218 Å². The molecule has 1 aromatic heterocycles. The number of para-hydroxylation sites is 1. The molecule has 0 unspecified atom stereocenters. The highest BCUT2D eigenvalue weighted by molar-refractivity contribution is 6.09. The second kappa shape index (κ2) is 11.6. The van der Waals surface area contributed by atoms with Crippen molar-refractivity contribution in [3.63, 3.8) is 0 Å². The Bertz CT molecular complexity index is 1180. The van der Waals surface area contributed by atoms with Crippen molar-refractivity contribution < 1.29 is 18.7 Å². The standard InChI is InChI=1S/C30H35N3O4/c1-2-22-8-3-6-11-26(22)33(30(35)27-12-7-19-37-27)28(29(34)31-24-9-4-5-10-24)23-13-15-25(16-14-23)32-17-20-36-21-18-32/h3,6-8,11-16,19,24,28H,2,4-5,9-10,17-18,20-21H2,1H3,(H,31,34)/t28-/m0/s1. The van der Waals surface area contributed by atoms with E-state index in [0.29, 0.717) is 13.2 Å². The first-order chi connectivity index (χ1) is 18.2. The summed E-state index contributed by atoms with van der Waals surface area (Å²) in [5, 5.41) is 3.25. The first-order valence-corrected chi connectivity index (χ1v) is 13.3. The Morgan fingerprint density at radius 1 is 1.00 bits per heavy atom. The molecule has 2 fully saturated rings. The zero-order chi connectivity index (χ0) is 25.6. The molecule has 0 spiro atoms. The largest absolute Gasteiger partial charge is 0.459 e. The number of rotatable bonds is 8.